The lowest BCUT2D eigenvalue weighted by Gasteiger charge is -2.25. The molecule has 0 saturated carbocycles. The van der Waals surface area contributed by atoms with Crippen molar-refractivity contribution in [2.45, 2.75) is 5.92 Å². The summed E-state index contributed by atoms with van der Waals surface area (Å²) in [4.78, 5) is 0. The van der Waals surface area contributed by atoms with Gasteiger partial charge in [0.1, 0.15) is 23.2 Å². The number of nitrogens with one attached hydrogen (secondary N) is 1. The summed E-state index contributed by atoms with van der Waals surface area (Å²) in [6.07, 6.45) is 0. The minimum atomic E-state index is -0.534. The molecule has 0 amide bonds. The molecule has 1 aliphatic heterocycles. The molecule has 2 heterocycles. The maximum Gasteiger partial charge on any atom is 0.244 e. The topological polar surface area (TPSA) is 96.9 Å². The van der Waals surface area contributed by atoms with E-state index < -0.39 is 5.92 Å². The van der Waals surface area contributed by atoms with E-state index in [1.807, 2.05) is 24.3 Å². The number of allylic oxidation sites excluding steroid dienone is 1. The van der Waals surface area contributed by atoms with Crippen LogP contribution >= 0.6 is 0 Å². The van der Waals surface area contributed by atoms with E-state index in [9.17, 15) is 9.65 Å². The number of rotatable bonds is 3. The SMILES string of the molecule is COc1ccccc1[C@@H]1C(C#N)=C(N)Oc2n[nH]c(-c3ccc(F)cc3)c21. The number of nitrogens with zero attached hydrogens (tertiary/aromatic N) is 2. The van der Waals surface area contributed by atoms with Crippen LogP contribution in [-0.4, -0.2) is 17.3 Å². The monoisotopic (exact) mass is 362 g/mol. The number of fused-ring (bicyclic) bond motifs is 1. The van der Waals surface area contributed by atoms with Crippen LogP contribution in [0.3, 0.4) is 0 Å². The summed E-state index contributed by atoms with van der Waals surface area (Å²) in [5, 5.41) is 16.9. The molecular formula is C20H15FN4O2. The Kier molecular flexibility index (Phi) is 4.01. The molecule has 0 spiro atoms. The number of benzene rings is 2. The molecule has 1 aliphatic rings. The lowest BCUT2D eigenvalue weighted by atomic mass is 9.82. The number of nitriles is 1. The van der Waals surface area contributed by atoms with Crippen molar-refractivity contribution in [2.24, 2.45) is 5.73 Å². The van der Waals surface area contributed by atoms with Crippen LogP contribution in [0.25, 0.3) is 11.3 Å². The Morgan fingerprint density at radius 2 is 1.96 bits per heavy atom. The standard InChI is InChI=1S/C20H15FN4O2/c1-26-15-5-3-2-4-13(15)16-14(10-22)19(23)27-20-17(16)18(24-25-20)11-6-8-12(21)9-7-11/h2-9,16H,23H2,1H3,(H,24,25)/t16-/m1/s1. The summed E-state index contributed by atoms with van der Waals surface area (Å²) in [5.41, 5.74) is 8.99. The van der Waals surface area contributed by atoms with E-state index in [1.165, 1.54) is 12.1 Å². The predicted octanol–water partition coefficient (Wildman–Crippen LogP) is 3.44. The van der Waals surface area contributed by atoms with Crippen molar-refractivity contribution in [1.82, 2.24) is 10.2 Å². The first-order valence-electron chi connectivity index (χ1n) is 8.18. The van der Waals surface area contributed by atoms with Crippen LogP contribution in [0.4, 0.5) is 4.39 Å². The molecule has 3 N–H and O–H groups in total. The number of para-hydroxylation sites is 1. The van der Waals surface area contributed by atoms with E-state index in [0.29, 0.717) is 22.6 Å². The summed E-state index contributed by atoms with van der Waals surface area (Å²) in [6.45, 7) is 0. The number of ether oxygens (including phenoxy) is 2. The van der Waals surface area contributed by atoms with Crippen molar-refractivity contribution in [2.75, 3.05) is 7.11 Å². The minimum absolute atomic E-state index is 0.00179. The number of aromatic amines is 1. The predicted molar refractivity (Wildman–Crippen MR) is 96.3 cm³/mol. The number of methoxy groups -OCH3 is 1. The van der Waals surface area contributed by atoms with Crippen molar-refractivity contribution >= 4 is 0 Å². The minimum Gasteiger partial charge on any atom is -0.496 e. The molecule has 134 valence electrons. The molecule has 0 saturated heterocycles. The van der Waals surface area contributed by atoms with Gasteiger partial charge in [0.2, 0.25) is 11.8 Å². The molecule has 6 nitrogen and oxygen atoms in total. The Labute approximate surface area is 154 Å². The summed E-state index contributed by atoms with van der Waals surface area (Å²) < 4.78 is 24.4. The van der Waals surface area contributed by atoms with Crippen LogP contribution in [0.15, 0.2) is 60.0 Å². The second kappa shape index (κ2) is 6.50. The first kappa shape index (κ1) is 16.7. The zero-order chi connectivity index (χ0) is 19.0. The summed E-state index contributed by atoms with van der Waals surface area (Å²) >= 11 is 0. The summed E-state index contributed by atoms with van der Waals surface area (Å²) in [5.74, 6) is 0.0159. The highest BCUT2D eigenvalue weighted by molar-refractivity contribution is 5.71. The molecule has 0 bridgehead atoms. The average Bonchev–Trinajstić information content (AvgIpc) is 3.10. The van der Waals surface area contributed by atoms with Gasteiger partial charge in [0.25, 0.3) is 0 Å². The highest BCUT2D eigenvalue weighted by Crippen LogP contribution is 2.47. The number of hydrogen-bond acceptors (Lipinski definition) is 5. The lowest BCUT2D eigenvalue weighted by molar-refractivity contribution is 0.375. The molecule has 0 aliphatic carbocycles. The van der Waals surface area contributed by atoms with Gasteiger partial charge in [-0.1, -0.05) is 18.2 Å². The van der Waals surface area contributed by atoms with Crippen LogP contribution in [0.2, 0.25) is 0 Å². The molecule has 27 heavy (non-hydrogen) atoms. The van der Waals surface area contributed by atoms with Gasteiger partial charge in [0, 0.05) is 11.1 Å². The van der Waals surface area contributed by atoms with Gasteiger partial charge in [0.15, 0.2) is 0 Å². The van der Waals surface area contributed by atoms with E-state index in [0.717, 1.165) is 5.56 Å². The normalized spacial score (nSPS) is 15.7. The van der Waals surface area contributed by atoms with Gasteiger partial charge in [-0.3, -0.25) is 5.10 Å². The van der Waals surface area contributed by atoms with Gasteiger partial charge in [-0.05, 0) is 30.3 Å². The zero-order valence-electron chi connectivity index (χ0n) is 14.4. The molecule has 1 atom stereocenters. The molecule has 0 radical (unpaired) electrons. The molecule has 3 aromatic rings. The van der Waals surface area contributed by atoms with E-state index in [1.54, 1.807) is 19.2 Å². The quantitative estimate of drug-likeness (QED) is 0.744. The van der Waals surface area contributed by atoms with Crippen LogP contribution in [0, 0.1) is 17.1 Å². The lowest BCUT2D eigenvalue weighted by Crippen LogP contribution is -2.21. The number of H-pyrrole nitrogens is 1. The first-order chi connectivity index (χ1) is 13.1. The maximum absolute atomic E-state index is 13.3. The molecule has 1 aromatic heterocycles. The molecule has 0 unspecified atom stereocenters. The van der Waals surface area contributed by atoms with E-state index in [4.69, 9.17) is 15.2 Å². The van der Waals surface area contributed by atoms with Gasteiger partial charge in [-0.15, -0.1) is 5.10 Å². The van der Waals surface area contributed by atoms with Gasteiger partial charge in [-0.25, -0.2) is 4.39 Å². The smallest absolute Gasteiger partial charge is 0.244 e. The Morgan fingerprint density at radius 3 is 2.67 bits per heavy atom. The molecule has 7 heteroatoms. The van der Waals surface area contributed by atoms with Crippen molar-refractivity contribution in [1.29, 1.82) is 5.26 Å². The zero-order valence-corrected chi connectivity index (χ0v) is 14.4. The summed E-state index contributed by atoms with van der Waals surface area (Å²) in [6, 6.07) is 15.5. The Balaban J connectivity index is 1.97. The Bertz CT molecular complexity index is 1080. The Morgan fingerprint density at radius 1 is 1.22 bits per heavy atom. The van der Waals surface area contributed by atoms with E-state index in [-0.39, 0.29) is 23.2 Å². The molecule has 2 aromatic carbocycles. The molecular weight excluding hydrogens is 347 g/mol. The summed E-state index contributed by atoms with van der Waals surface area (Å²) in [7, 11) is 1.56. The van der Waals surface area contributed by atoms with Crippen LogP contribution in [0.1, 0.15) is 17.0 Å². The van der Waals surface area contributed by atoms with E-state index in [2.05, 4.69) is 16.3 Å². The highest BCUT2D eigenvalue weighted by atomic mass is 19.1. The third-order valence-electron chi connectivity index (χ3n) is 4.52. The number of aromatic nitrogens is 2. The fraction of sp³-hybridized carbons (Fsp3) is 0.100. The fourth-order valence-electron chi connectivity index (χ4n) is 3.30. The van der Waals surface area contributed by atoms with Crippen molar-refractivity contribution < 1.29 is 13.9 Å². The Hall–Kier alpha value is -3.79. The van der Waals surface area contributed by atoms with Gasteiger partial charge in [0.05, 0.1) is 24.3 Å². The number of hydrogen-bond donors (Lipinski definition) is 2. The van der Waals surface area contributed by atoms with E-state index >= 15 is 0 Å². The van der Waals surface area contributed by atoms with Crippen molar-refractivity contribution in [3.8, 4) is 29.0 Å². The van der Waals surface area contributed by atoms with Crippen LogP contribution in [-0.2, 0) is 0 Å². The van der Waals surface area contributed by atoms with Gasteiger partial charge >= 0.3 is 0 Å². The third-order valence-corrected chi connectivity index (χ3v) is 4.52. The third kappa shape index (κ3) is 2.68. The largest absolute Gasteiger partial charge is 0.496 e. The average molecular weight is 362 g/mol. The number of halogens is 1. The first-order valence-corrected chi connectivity index (χ1v) is 8.18. The fourth-order valence-corrected chi connectivity index (χ4v) is 3.30. The van der Waals surface area contributed by atoms with Crippen molar-refractivity contribution in [3.63, 3.8) is 0 Å². The maximum atomic E-state index is 13.3. The number of nitrogens with two attached hydrogens (primary N) is 1. The second-order valence-corrected chi connectivity index (χ2v) is 5.99. The molecule has 4 rings (SSSR count). The van der Waals surface area contributed by atoms with Crippen molar-refractivity contribution in [3.05, 3.63) is 76.9 Å². The highest BCUT2D eigenvalue weighted by Gasteiger charge is 2.36. The van der Waals surface area contributed by atoms with Crippen LogP contribution < -0.4 is 15.2 Å². The molecule has 0 fully saturated rings. The second-order valence-electron chi connectivity index (χ2n) is 5.99. The van der Waals surface area contributed by atoms with Gasteiger partial charge in [-0.2, -0.15) is 5.26 Å². The van der Waals surface area contributed by atoms with Gasteiger partial charge < -0.3 is 15.2 Å². The van der Waals surface area contributed by atoms with Crippen LogP contribution in [0.5, 0.6) is 11.6 Å².